The van der Waals surface area contributed by atoms with Gasteiger partial charge in [-0.05, 0) is 62.4 Å². The second kappa shape index (κ2) is 8.17. The predicted molar refractivity (Wildman–Crippen MR) is 90.3 cm³/mol. The Morgan fingerprint density at radius 2 is 1.65 bits per heavy atom. The van der Waals surface area contributed by atoms with E-state index in [1.165, 1.54) is 12.1 Å². The summed E-state index contributed by atoms with van der Waals surface area (Å²) in [6, 6.07) is 13.3. The van der Waals surface area contributed by atoms with Gasteiger partial charge in [-0.2, -0.15) is 0 Å². The Labute approximate surface area is 135 Å². The SMILES string of the molecule is CC(C)Oc1ccc(NC(=O)CCNc2ccc(F)cc2)cc1. The summed E-state index contributed by atoms with van der Waals surface area (Å²) in [6.45, 7) is 4.40. The molecule has 2 rings (SSSR count). The largest absolute Gasteiger partial charge is 0.491 e. The number of benzene rings is 2. The fourth-order valence-electron chi connectivity index (χ4n) is 2.00. The molecule has 2 aromatic carbocycles. The van der Waals surface area contributed by atoms with Crippen molar-refractivity contribution in [1.82, 2.24) is 0 Å². The summed E-state index contributed by atoms with van der Waals surface area (Å²) in [5.74, 6) is 0.409. The van der Waals surface area contributed by atoms with Gasteiger partial charge in [0.05, 0.1) is 6.10 Å². The number of carbonyl (C=O) groups is 1. The lowest BCUT2D eigenvalue weighted by Crippen LogP contribution is -2.16. The molecule has 5 heteroatoms. The van der Waals surface area contributed by atoms with E-state index in [0.717, 1.165) is 17.1 Å². The molecule has 0 spiro atoms. The van der Waals surface area contributed by atoms with Gasteiger partial charge in [0, 0.05) is 24.3 Å². The van der Waals surface area contributed by atoms with Crippen LogP contribution in [0, 0.1) is 5.82 Å². The smallest absolute Gasteiger partial charge is 0.226 e. The summed E-state index contributed by atoms with van der Waals surface area (Å²) in [7, 11) is 0. The minimum Gasteiger partial charge on any atom is -0.491 e. The third-order valence-electron chi connectivity index (χ3n) is 3.04. The molecule has 0 saturated heterocycles. The molecule has 23 heavy (non-hydrogen) atoms. The van der Waals surface area contributed by atoms with Crippen LogP contribution in [-0.2, 0) is 4.79 Å². The van der Waals surface area contributed by atoms with E-state index in [0.29, 0.717) is 13.0 Å². The third-order valence-corrected chi connectivity index (χ3v) is 3.04. The molecule has 2 aromatic rings. The van der Waals surface area contributed by atoms with Gasteiger partial charge >= 0.3 is 0 Å². The maximum Gasteiger partial charge on any atom is 0.226 e. The molecule has 122 valence electrons. The van der Waals surface area contributed by atoms with E-state index < -0.39 is 0 Å². The number of carbonyl (C=O) groups excluding carboxylic acids is 1. The Hall–Kier alpha value is -2.56. The van der Waals surface area contributed by atoms with Crippen molar-refractivity contribution in [3.05, 3.63) is 54.3 Å². The molecule has 1 amide bonds. The van der Waals surface area contributed by atoms with E-state index in [4.69, 9.17) is 4.74 Å². The lowest BCUT2D eigenvalue weighted by atomic mass is 10.2. The first-order valence-corrected chi connectivity index (χ1v) is 7.59. The molecular weight excluding hydrogens is 295 g/mol. The standard InChI is InChI=1S/C18H21FN2O2/c1-13(2)23-17-9-7-16(8-10-17)21-18(22)11-12-20-15-5-3-14(19)4-6-15/h3-10,13,20H,11-12H2,1-2H3,(H,21,22). The zero-order valence-corrected chi connectivity index (χ0v) is 13.3. The third kappa shape index (κ3) is 5.98. The van der Waals surface area contributed by atoms with Gasteiger partial charge in [-0.1, -0.05) is 0 Å². The number of hydrogen-bond donors (Lipinski definition) is 2. The second-order valence-electron chi connectivity index (χ2n) is 5.42. The van der Waals surface area contributed by atoms with Crippen molar-refractivity contribution in [2.45, 2.75) is 26.4 Å². The monoisotopic (exact) mass is 316 g/mol. The van der Waals surface area contributed by atoms with Crippen molar-refractivity contribution >= 4 is 17.3 Å². The zero-order valence-electron chi connectivity index (χ0n) is 13.3. The summed E-state index contributed by atoms with van der Waals surface area (Å²) in [6.07, 6.45) is 0.440. The molecule has 2 N–H and O–H groups in total. The van der Waals surface area contributed by atoms with Crippen molar-refractivity contribution in [3.63, 3.8) is 0 Å². The number of anilines is 2. The number of hydrogen-bond acceptors (Lipinski definition) is 3. The Morgan fingerprint density at radius 3 is 2.26 bits per heavy atom. The van der Waals surface area contributed by atoms with Crippen LogP contribution in [0.15, 0.2) is 48.5 Å². The van der Waals surface area contributed by atoms with Crippen LogP contribution in [0.2, 0.25) is 0 Å². The van der Waals surface area contributed by atoms with Crippen LogP contribution in [0.25, 0.3) is 0 Å². The highest BCUT2D eigenvalue weighted by Gasteiger charge is 2.03. The average molecular weight is 316 g/mol. The summed E-state index contributed by atoms with van der Waals surface area (Å²) >= 11 is 0. The lowest BCUT2D eigenvalue weighted by Gasteiger charge is -2.11. The molecular formula is C18H21FN2O2. The van der Waals surface area contributed by atoms with E-state index in [2.05, 4.69) is 10.6 Å². The van der Waals surface area contributed by atoms with Crippen LogP contribution in [0.3, 0.4) is 0 Å². The first-order valence-electron chi connectivity index (χ1n) is 7.59. The van der Waals surface area contributed by atoms with Crippen molar-refractivity contribution in [3.8, 4) is 5.75 Å². The fraction of sp³-hybridized carbons (Fsp3) is 0.278. The van der Waals surface area contributed by atoms with E-state index in [1.54, 1.807) is 12.1 Å². The van der Waals surface area contributed by atoms with Crippen LogP contribution >= 0.6 is 0 Å². The number of rotatable bonds is 7. The summed E-state index contributed by atoms with van der Waals surface area (Å²) < 4.78 is 18.3. The van der Waals surface area contributed by atoms with Crippen LogP contribution in [0.4, 0.5) is 15.8 Å². The Kier molecular flexibility index (Phi) is 5.97. The van der Waals surface area contributed by atoms with Gasteiger partial charge in [0.15, 0.2) is 0 Å². The van der Waals surface area contributed by atoms with Crippen molar-refractivity contribution in [1.29, 1.82) is 0 Å². The molecule has 0 saturated carbocycles. The average Bonchev–Trinajstić information content (AvgIpc) is 2.51. The molecule has 0 aliphatic heterocycles. The molecule has 0 bridgehead atoms. The Balaban J connectivity index is 1.75. The summed E-state index contributed by atoms with van der Waals surface area (Å²) in [5.41, 5.74) is 1.52. The van der Waals surface area contributed by atoms with E-state index in [1.807, 2.05) is 38.1 Å². The minimum atomic E-state index is -0.279. The predicted octanol–water partition coefficient (Wildman–Crippen LogP) is 4.05. The molecule has 0 heterocycles. The van der Waals surface area contributed by atoms with Crippen molar-refractivity contribution < 1.29 is 13.9 Å². The first kappa shape index (κ1) is 16.8. The van der Waals surface area contributed by atoms with E-state index >= 15 is 0 Å². The molecule has 0 fully saturated rings. The van der Waals surface area contributed by atoms with Gasteiger partial charge in [-0.3, -0.25) is 4.79 Å². The van der Waals surface area contributed by atoms with Crippen LogP contribution < -0.4 is 15.4 Å². The van der Waals surface area contributed by atoms with Crippen LogP contribution in [0.1, 0.15) is 20.3 Å². The van der Waals surface area contributed by atoms with Crippen LogP contribution in [-0.4, -0.2) is 18.6 Å². The van der Waals surface area contributed by atoms with Gasteiger partial charge in [0.2, 0.25) is 5.91 Å². The van der Waals surface area contributed by atoms with Gasteiger partial charge in [-0.15, -0.1) is 0 Å². The Morgan fingerprint density at radius 1 is 1.04 bits per heavy atom. The highest BCUT2D eigenvalue weighted by molar-refractivity contribution is 5.91. The highest BCUT2D eigenvalue weighted by atomic mass is 19.1. The maximum absolute atomic E-state index is 12.8. The number of ether oxygens (including phenoxy) is 1. The zero-order chi connectivity index (χ0) is 16.7. The second-order valence-corrected chi connectivity index (χ2v) is 5.42. The topological polar surface area (TPSA) is 50.4 Å². The van der Waals surface area contributed by atoms with Crippen molar-refractivity contribution in [2.24, 2.45) is 0 Å². The number of halogens is 1. The number of nitrogens with one attached hydrogen (secondary N) is 2. The van der Waals surface area contributed by atoms with Gasteiger partial charge < -0.3 is 15.4 Å². The normalized spacial score (nSPS) is 10.4. The van der Waals surface area contributed by atoms with Gasteiger partial charge in [-0.25, -0.2) is 4.39 Å². The van der Waals surface area contributed by atoms with E-state index in [-0.39, 0.29) is 17.8 Å². The lowest BCUT2D eigenvalue weighted by molar-refractivity contribution is -0.115. The van der Waals surface area contributed by atoms with Gasteiger partial charge in [0.25, 0.3) is 0 Å². The Bertz CT molecular complexity index is 624. The van der Waals surface area contributed by atoms with E-state index in [9.17, 15) is 9.18 Å². The molecule has 4 nitrogen and oxygen atoms in total. The maximum atomic E-state index is 12.8. The molecule has 0 aliphatic carbocycles. The van der Waals surface area contributed by atoms with Crippen LogP contribution in [0.5, 0.6) is 5.75 Å². The number of amides is 1. The minimum absolute atomic E-state index is 0.0860. The molecule has 0 radical (unpaired) electrons. The quantitative estimate of drug-likeness (QED) is 0.810. The summed E-state index contributed by atoms with van der Waals surface area (Å²) in [4.78, 5) is 11.9. The highest BCUT2D eigenvalue weighted by Crippen LogP contribution is 2.17. The molecule has 0 aliphatic rings. The molecule has 0 unspecified atom stereocenters. The molecule has 0 aromatic heterocycles. The first-order chi connectivity index (χ1) is 11.0. The van der Waals surface area contributed by atoms with Gasteiger partial charge in [0.1, 0.15) is 11.6 Å². The van der Waals surface area contributed by atoms with Crippen molar-refractivity contribution in [2.75, 3.05) is 17.2 Å². The molecule has 0 atom stereocenters. The fourth-order valence-corrected chi connectivity index (χ4v) is 2.00. The summed E-state index contributed by atoms with van der Waals surface area (Å²) in [5, 5.41) is 5.90.